The lowest BCUT2D eigenvalue weighted by atomic mass is 10.1. The van der Waals surface area contributed by atoms with Crippen molar-refractivity contribution in [1.29, 1.82) is 5.26 Å². The zero-order chi connectivity index (χ0) is 16.8. The molecule has 1 N–H and O–H groups in total. The van der Waals surface area contributed by atoms with E-state index in [2.05, 4.69) is 10.8 Å². The molecule has 0 saturated heterocycles. The van der Waals surface area contributed by atoms with Gasteiger partial charge in [0.1, 0.15) is 0 Å². The van der Waals surface area contributed by atoms with Gasteiger partial charge in [-0.3, -0.25) is 0 Å². The summed E-state index contributed by atoms with van der Waals surface area (Å²) < 4.78 is 26.5. The summed E-state index contributed by atoms with van der Waals surface area (Å²) in [4.78, 5) is 0. The largest absolute Gasteiger partial charge is 0.215 e. The molecule has 128 valence electrons. The molecular formula is C18H28N2O2S. The summed E-state index contributed by atoms with van der Waals surface area (Å²) in [5.74, 6) is 0.0521. The van der Waals surface area contributed by atoms with Gasteiger partial charge in [0.05, 0.1) is 11.8 Å². The maximum Gasteiger partial charge on any atom is 0.215 e. The molecule has 0 aliphatic heterocycles. The molecule has 1 aromatic carbocycles. The van der Waals surface area contributed by atoms with Crippen LogP contribution in [0.25, 0.3) is 0 Å². The number of rotatable bonds is 13. The van der Waals surface area contributed by atoms with Crippen LogP contribution in [-0.2, 0) is 15.8 Å². The van der Waals surface area contributed by atoms with Crippen LogP contribution in [0.2, 0.25) is 0 Å². The van der Waals surface area contributed by atoms with Crippen molar-refractivity contribution < 1.29 is 8.42 Å². The fraction of sp³-hybridized carbons (Fsp3) is 0.611. The molecule has 0 saturated carbocycles. The third-order valence-corrected chi connectivity index (χ3v) is 5.09. The zero-order valence-corrected chi connectivity index (χ0v) is 14.7. The number of sulfonamides is 1. The fourth-order valence-corrected chi connectivity index (χ4v) is 3.65. The van der Waals surface area contributed by atoms with E-state index in [-0.39, 0.29) is 5.75 Å². The molecule has 0 amide bonds. The van der Waals surface area contributed by atoms with Crippen LogP contribution in [0.5, 0.6) is 0 Å². The Morgan fingerprint density at radius 2 is 1.43 bits per heavy atom. The molecule has 0 heterocycles. The van der Waals surface area contributed by atoms with E-state index in [0.29, 0.717) is 13.0 Å². The van der Waals surface area contributed by atoms with Gasteiger partial charge < -0.3 is 0 Å². The van der Waals surface area contributed by atoms with Gasteiger partial charge in [-0.2, -0.15) is 5.26 Å². The van der Waals surface area contributed by atoms with E-state index in [9.17, 15) is 8.42 Å². The maximum atomic E-state index is 11.9. The molecule has 5 heteroatoms. The van der Waals surface area contributed by atoms with Gasteiger partial charge in [-0.25, -0.2) is 13.1 Å². The van der Waals surface area contributed by atoms with E-state index in [1.165, 1.54) is 19.3 Å². The first-order chi connectivity index (χ1) is 11.1. The highest BCUT2D eigenvalue weighted by Gasteiger charge is 2.09. The van der Waals surface area contributed by atoms with Gasteiger partial charge in [0, 0.05) is 13.0 Å². The van der Waals surface area contributed by atoms with Crippen LogP contribution in [0.1, 0.15) is 63.4 Å². The molecule has 0 radical (unpaired) electrons. The Bertz CT molecular complexity index is 550. The summed E-state index contributed by atoms with van der Waals surface area (Å²) in [5, 5.41) is 8.43. The number of hydrogen-bond acceptors (Lipinski definition) is 3. The van der Waals surface area contributed by atoms with E-state index in [1.807, 2.05) is 30.3 Å². The van der Waals surface area contributed by atoms with Crippen LogP contribution in [0.4, 0.5) is 0 Å². The Morgan fingerprint density at radius 1 is 0.870 bits per heavy atom. The van der Waals surface area contributed by atoms with Gasteiger partial charge in [-0.05, 0) is 18.4 Å². The Hall–Kier alpha value is -1.38. The Morgan fingerprint density at radius 3 is 2.04 bits per heavy atom. The normalized spacial score (nSPS) is 11.3. The van der Waals surface area contributed by atoms with Crippen molar-refractivity contribution in [1.82, 2.24) is 4.72 Å². The number of nitriles is 1. The van der Waals surface area contributed by atoms with Crippen molar-refractivity contribution >= 4 is 10.0 Å². The van der Waals surface area contributed by atoms with Crippen LogP contribution in [0.15, 0.2) is 30.3 Å². The molecular weight excluding hydrogens is 308 g/mol. The van der Waals surface area contributed by atoms with E-state index in [4.69, 9.17) is 5.26 Å². The summed E-state index contributed by atoms with van der Waals surface area (Å²) in [7, 11) is -3.22. The number of hydrogen-bond donors (Lipinski definition) is 1. The van der Waals surface area contributed by atoms with Gasteiger partial charge in [-0.15, -0.1) is 0 Å². The Labute approximate surface area is 141 Å². The third kappa shape index (κ3) is 10.9. The molecule has 0 unspecified atom stereocenters. The van der Waals surface area contributed by atoms with Gasteiger partial charge >= 0.3 is 0 Å². The van der Waals surface area contributed by atoms with E-state index in [0.717, 1.165) is 37.7 Å². The lowest BCUT2D eigenvalue weighted by Gasteiger charge is -2.07. The fourth-order valence-electron chi connectivity index (χ4n) is 2.46. The summed E-state index contributed by atoms with van der Waals surface area (Å²) >= 11 is 0. The minimum Gasteiger partial charge on any atom is -0.215 e. The molecule has 1 rings (SSSR count). The molecule has 4 nitrogen and oxygen atoms in total. The predicted molar refractivity (Wildman–Crippen MR) is 94.2 cm³/mol. The average Bonchev–Trinajstić information content (AvgIpc) is 2.53. The van der Waals surface area contributed by atoms with Gasteiger partial charge in [0.2, 0.25) is 10.0 Å². The molecule has 0 bridgehead atoms. The quantitative estimate of drug-likeness (QED) is 0.550. The Balaban J connectivity index is 1.99. The topological polar surface area (TPSA) is 70.0 Å². The predicted octanol–water partition coefficient (Wildman–Crippen LogP) is 4.14. The van der Waals surface area contributed by atoms with Crippen molar-refractivity contribution in [2.45, 2.75) is 63.5 Å². The van der Waals surface area contributed by atoms with Gasteiger partial charge in [0.15, 0.2) is 0 Å². The zero-order valence-electron chi connectivity index (χ0n) is 13.8. The second kappa shape index (κ2) is 12.1. The third-order valence-electron chi connectivity index (χ3n) is 3.74. The highest BCUT2D eigenvalue weighted by Crippen LogP contribution is 2.09. The molecule has 0 aliphatic rings. The summed E-state index contributed by atoms with van der Waals surface area (Å²) in [6, 6.07) is 11.4. The second-order valence-corrected chi connectivity index (χ2v) is 7.68. The highest BCUT2D eigenvalue weighted by atomic mass is 32.2. The summed E-state index contributed by atoms with van der Waals surface area (Å²) in [5.41, 5.74) is 0.816. The first-order valence-corrected chi connectivity index (χ1v) is 10.2. The van der Waals surface area contributed by atoms with Gasteiger partial charge in [-0.1, -0.05) is 68.9 Å². The SMILES string of the molecule is N#CCCCCCCCCCCNS(=O)(=O)Cc1ccccc1. The smallest absolute Gasteiger partial charge is 0.215 e. The molecule has 0 aromatic heterocycles. The first kappa shape index (κ1) is 19.7. The number of nitrogens with zero attached hydrogens (tertiary/aromatic N) is 1. The van der Waals surface area contributed by atoms with Crippen molar-refractivity contribution in [3.05, 3.63) is 35.9 Å². The molecule has 0 spiro atoms. The van der Waals surface area contributed by atoms with E-state index >= 15 is 0 Å². The minimum absolute atomic E-state index is 0.0521. The molecule has 0 atom stereocenters. The monoisotopic (exact) mass is 336 g/mol. The van der Waals surface area contributed by atoms with Crippen LogP contribution in [-0.4, -0.2) is 15.0 Å². The summed E-state index contributed by atoms with van der Waals surface area (Å²) in [6.07, 6.45) is 9.54. The maximum absolute atomic E-state index is 11.9. The van der Waals surface area contributed by atoms with Crippen molar-refractivity contribution in [2.75, 3.05) is 6.54 Å². The van der Waals surface area contributed by atoms with E-state index < -0.39 is 10.0 Å². The lowest BCUT2D eigenvalue weighted by molar-refractivity contribution is 0.556. The number of unbranched alkanes of at least 4 members (excludes halogenated alkanes) is 8. The standard InChI is InChI=1S/C18H28N2O2S/c19-15-11-6-4-2-1-3-5-7-12-16-20-23(21,22)17-18-13-9-8-10-14-18/h8-10,13-14,20H,1-7,11-12,16-17H2. The molecule has 0 aliphatic carbocycles. The Kier molecular flexibility index (Phi) is 10.3. The van der Waals surface area contributed by atoms with Crippen molar-refractivity contribution in [2.24, 2.45) is 0 Å². The molecule has 23 heavy (non-hydrogen) atoms. The van der Waals surface area contributed by atoms with Crippen molar-refractivity contribution in [3.63, 3.8) is 0 Å². The van der Waals surface area contributed by atoms with Crippen LogP contribution >= 0.6 is 0 Å². The highest BCUT2D eigenvalue weighted by molar-refractivity contribution is 7.88. The molecule has 0 fully saturated rings. The van der Waals surface area contributed by atoms with Crippen LogP contribution < -0.4 is 4.72 Å². The number of nitrogens with one attached hydrogen (secondary N) is 1. The average molecular weight is 337 g/mol. The summed E-state index contributed by atoms with van der Waals surface area (Å²) in [6.45, 7) is 0.525. The number of benzene rings is 1. The molecule has 1 aromatic rings. The minimum atomic E-state index is -3.22. The lowest BCUT2D eigenvalue weighted by Crippen LogP contribution is -2.26. The van der Waals surface area contributed by atoms with Crippen LogP contribution in [0.3, 0.4) is 0 Å². The van der Waals surface area contributed by atoms with Gasteiger partial charge in [0.25, 0.3) is 0 Å². The van der Waals surface area contributed by atoms with Crippen LogP contribution in [0, 0.1) is 11.3 Å². The van der Waals surface area contributed by atoms with E-state index in [1.54, 1.807) is 0 Å². The first-order valence-electron chi connectivity index (χ1n) is 8.52. The van der Waals surface area contributed by atoms with Crippen molar-refractivity contribution in [3.8, 4) is 6.07 Å². The second-order valence-electron chi connectivity index (χ2n) is 5.88.